The van der Waals surface area contributed by atoms with Crippen molar-refractivity contribution in [3.8, 4) is 0 Å². The van der Waals surface area contributed by atoms with Crippen molar-refractivity contribution in [2.24, 2.45) is 0 Å². The fourth-order valence-corrected chi connectivity index (χ4v) is 6.77. The predicted molar refractivity (Wildman–Crippen MR) is 242 cm³/mol. The van der Waals surface area contributed by atoms with E-state index in [9.17, 15) is 58.2 Å². The molecule has 0 bridgehead atoms. The Bertz CT molecular complexity index is 2490. The summed E-state index contributed by atoms with van der Waals surface area (Å²) in [5.74, 6) is -6.66. The summed E-state index contributed by atoms with van der Waals surface area (Å²) < 4.78 is 0. The van der Waals surface area contributed by atoms with Crippen LogP contribution in [0.15, 0.2) is 58.1 Å². The van der Waals surface area contributed by atoms with E-state index in [4.69, 9.17) is 21.7 Å². The fraction of sp³-hybridized carbons (Fsp3) is 0.300. The molecule has 4 heterocycles. The van der Waals surface area contributed by atoms with Gasteiger partial charge in [0, 0.05) is 61.5 Å². The smallest absolute Gasteiger partial charge is 0.548 e. The van der Waals surface area contributed by atoms with Gasteiger partial charge >= 0.3 is 49.7 Å². The molecule has 4 atom stereocenters. The molecule has 2 aromatic heterocycles. The molecule has 0 saturated heterocycles. The zero-order valence-electron chi connectivity index (χ0n) is 36.2. The van der Waals surface area contributed by atoms with Crippen molar-refractivity contribution in [1.82, 2.24) is 30.6 Å². The molecule has 2 aliphatic rings. The topological polar surface area (TPSA) is 445 Å². The van der Waals surface area contributed by atoms with Gasteiger partial charge in [-0.25, -0.2) is 0 Å². The number of carbonyl (C=O) groups is 8. The van der Waals surface area contributed by atoms with Crippen LogP contribution in [0.25, 0.3) is 0 Å². The number of amides is 4. The van der Waals surface area contributed by atoms with Gasteiger partial charge in [0.25, 0.3) is 22.9 Å². The Balaban J connectivity index is 0.000000296. The molecule has 14 N–H and O–H groups in total. The fourth-order valence-electron chi connectivity index (χ4n) is 6.77. The first-order valence-corrected chi connectivity index (χ1v) is 20.3. The van der Waals surface area contributed by atoms with E-state index in [0.717, 1.165) is 0 Å². The number of carboxylic acids is 4. The normalized spacial score (nSPS) is 15.2. The minimum atomic E-state index is -1.58. The molecule has 0 saturated carbocycles. The van der Waals surface area contributed by atoms with Gasteiger partial charge in [-0.05, 0) is 61.4 Å². The van der Waals surface area contributed by atoms with Crippen LogP contribution >= 0.6 is 0 Å². The molecule has 6 rings (SSSR count). The van der Waals surface area contributed by atoms with Crippen molar-refractivity contribution in [2.45, 2.75) is 49.9 Å². The molecule has 69 heavy (non-hydrogen) atoms. The third kappa shape index (κ3) is 14.5. The van der Waals surface area contributed by atoms with Gasteiger partial charge in [0.1, 0.15) is 0 Å². The van der Waals surface area contributed by atoms with Gasteiger partial charge in [-0.3, -0.25) is 48.3 Å². The van der Waals surface area contributed by atoms with Crippen molar-refractivity contribution in [2.75, 3.05) is 68.7 Å². The molecule has 4 aromatic rings. The average Bonchev–Trinajstić information content (AvgIpc) is 3.29. The Morgan fingerprint density at radius 1 is 0.667 bits per heavy atom. The van der Waals surface area contributed by atoms with Crippen LogP contribution in [0.4, 0.5) is 46.3 Å². The first-order chi connectivity index (χ1) is 32.4. The van der Waals surface area contributed by atoms with Crippen molar-refractivity contribution in [3.63, 3.8) is 0 Å². The molecule has 0 aliphatic carbocycles. The minimum Gasteiger partial charge on any atom is -0.548 e. The Labute approximate surface area is 418 Å². The van der Waals surface area contributed by atoms with Crippen molar-refractivity contribution in [3.05, 3.63) is 80.4 Å². The number of anilines is 8. The second-order valence-electron chi connectivity index (χ2n) is 14.9. The van der Waals surface area contributed by atoms with E-state index in [0.29, 0.717) is 37.3 Å². The average molecular weight is 985 g/mol. The molecular weight excluding hydrogens is 941 g/mol. The molecule has 0 fully saturated rings. The summed E-state index contributed by atoms with van der Waals surface area (Å²) in [4.78, 5) is 131. The van der Waals surface area contributed by atoms with E-state index in [1.807, 2.05) is 0 Å². The van der Waals surface area contributed by atoms with Crippen LogP contribution in [0.5, 0.6) is 0 Å². The molecule has 2 unspecified atom stereocenters. The molecule has 2 aliphatic heterocycles. The van der Waals surface area contributed by atoms with Crippen molar-refractivity contribution < 1.29 is 58.8 Å². The number of nitrogens with two attached hydrogens (primary N) is 2. The first-order valence-electron chi connectivity index (χ1n) is 20.3. The zero-order valence-corrected chi connectivity index (χ0v) is 38.4. The molecule has 2 aromatic carbocycles. The van der Waals surface area contributed by atoms with E-state index < -0.39 is 83.8 Å². The maximum atomic E-state index is 12.3. The zero-order chi connectivity index (χ0) is 49.7. The van der Waals surface area contributed by atoms with Crippen LogP contribution in [0.3, 0.4) is 0 Å². The SMILES string of the molecule is Nc1nc2c(c(=O)[nH]1)N(C=O)[C@H](CNc1ccc(C(=O)NC(CCC(=O)O)C(=O)[O-])cc1)CN2.Nc1nc2c(c(=O)[nH]1)N(C=O)[C@H](CNc1ccc(C(=O)NC(CCC(=O)O)C(=O)[O-])cc1)CN2.[Ca+2]. The van der Waals surface area contributed by atoms with Crippen LogP contribution in [-0.2, 0) is 28.8 Å². The maximum Gasteiger partial charge on any atom is 2.00 e. The predicted octanol–water partition coefficient (Wildman–Crippen LogP) is -4.51. The summed E-state index contributed by atoms with van der Waals surface area (Å²) in [6.45, 7) is 1.11. The molecule has 360 valence electrons. The number of carboxylic acid groups (broad SMARTS) is 4. The Morgan fingerprint density at radius 3 is 1.32 bits per heavy atom. The summed E-state index contributed by atoms with van der Waals surface area (Å²) in [5, 5.41) is 56.3. The first kappa shape index (κ1) is 53.6. The van der Waals surface area contributed by atoms with Gasteiger partial charge in [0.15, 0.2) is 23.0 Å². The van der Waals surface area contributed by atoms with Gasteiger partial charge < -0.3 is 83.2 Å². The summed E-state index contributed by atoms with van der Waals surface area (Å²) in [6, 6.07) is 8.35. The number of nitrogens with one attached hydrogen (secondary N) is 8. The van der Waals surface area contributed by atoms with E-state index >= 15 is 0 Å². The maximum absolute atomic E-state index is 12.3. The number of aromatic nitrogens is 4. The van der Waals surface area contributed by atoms with Gasteiger partial charge in [0.2, 0.25) is 24.7 Å². The van der Waals surface area contributed by atoms with Crippen molar-refractivity contribution >= 4 is 133 Å². The molecule has 0 radical (unpaired) electrons. The summed E-state index contributed by atoms with van der Waals surface area (Å²) >= 11 is 0. The second kappa shape index (κ2) is 24.7. The number of nitrogens with zero attached hydrogens (tertiary/aromatic N) is 4. The van der Waals surface area contributed by atoms with Gasteiger partial charge in [-0.2, -0.15) is 9.97 Å². The third-order valence-corrected chi connectivity index (χ3v) is 10.2. The van der Waals surface area contributed by atoms with Crippen LogP contribution < -0.4 is 74.5 Å². The van der Waals surface area contributed by atoms with E-state index in [2.05, 4.69) is 51.8 Å². The number of rotatable bonds is 20. The number of carbonyl (C=O) groups excluding carboxylic acids is 6. The van der Waals surface area contributed by atoms with Gasteiger partial charge in [-0.1, -0.05) is 0 Å². The Morgan fingerprint density at radius 2 is 1.01 bits per heavy atom. The number of hydrogen-bond donors (Lipinski definition) is 12. The number of benzene rings is 2. The third-order valence-electron chi connectivity index (χ3n) is 10.2. The largest absolute Gasteiger partial charge is 2.00 e. The quantitative estimate of drug-likeness (QED) is 0.0293. The summed E-state index contributed by atoms with van der Waals surface area (Å²) in [5.41, 5.74) is 11.6. The number of nitrogen functional groups attached to an aromatic ring is 2. The van der Waals surface area contributed by atoms with Crippen LogP contribution in [0, 0.1) is 0 Å². The molecule has 28 nitrogen and oxygen atoms in total. The summed E-state index contributed by atoms with van der Waals surface area (Å²) in [7, 11) is 0. The van der Waals surface area contributed by atoms with E-state index in [1.54, 1.807) is 24.3 Å². The monoisotopic (exact) mass is 984 g/mol. The standard InChI is InChI=1S/2C20H23N7O7.Ca/c2*21-20-25-16-15(18(32)26-20)27(9-28)12(8-23-16)7-22-11-3-1-10(2-4-11)17(31)24-13(19(33)34)5-6-14(29)30;/h2*1-4,9,12-13,22H,5-8H2,(H,24,31)(H,29,30)(H,33,34)(H4,21,23,25,26,32);/q;;+2/p-2/t2*12-,13?;/m11./s1. The second-order valence-corrected chi connectivity index (χ2v) is 14.9. The number of H-pyrrole nitrogens is 2. The van der Waals surface area contributed by atoms with Crippen molar-refractivity contribution in [1.29, 1.82) is 0 Å². The number of hydrogen-bond acceptors (Lipinski definition) is 20. The van der Waals surface area contributed by atoms with Gasteiger partial charge in [-0.15, -0.1) is 0 Å². The molecular formula is C40H44CaN14O14. The van der Waals surface area contributed by atoms with E-state index in [1.165, 1.54) is 34.1 Å². The molecule has 0 spiro atoms. The van der Waals surface area contributed by atoms with Crippen LogP contribution in [0.1, 0.15) is 46.4 Å². The van der Waals surface area contributed by atoms with Crippen LogP contribution in [-0.4, -0.2) is 167 Å². The number of aliphatic carboxylic acids is 4. The summed E-state index contributed by atoms with van der Waals surface area (Å²) in [6.07, 6.45) is -0.417. The molecule has 29 heteroatoms. The van der Waals surface area contributed by atoms with E-state index in [-0.39, 0.29) is 110 Å². The van der Waals surface area contributed by atoms with Crippen LogP contribution in [0.2, 0.25) is 0 Å². The number of fused-ring (bicyclic) bond motifs is 2. The number of aromatic amines is 2. The van der Waals surface area contributed by atoms with Gasteiger partial charge in [0.05, 0.1) is 36.1 Å². The minimum absolute atomic E-state index is 0. The Hall–Kier alpha value is -7.98. The Kier molecular flexibility index (Phi) is 19.2. The molecule has 4 amide bonds.